The first-order chi connectivity index (χ1) is 11.4. The fraction of sp³-hybridized carbons (Fsp3) is 0.286. The number of carbonyl (C=O) groups excluding carboxylic acids is 1. The van der Waals surface area contributed by atoms with Crippen molar-refractivity contribution in [2.45, 2.75) is 37.5 Å². The minimum atomic E-state index is -0.0334. The van der Waals surface area contributed by atoms with Crippen LogP contribution in [0, 0.1) is 11.8 Å². The molecule has 3 heteroatoms. The third-order valence-corrected chi connectivity index (χ3v) is 5.78. The van der Waals surface area contributed by atoms with E-state index in [4.69, 9.17) is 11.6 Å². The predicted octanol–water partition coefficient (Wildman–Crippen LogP) is 5.72. The molecule has 122 valence electrons. The third kappa shape index (κ3) is 3.53. The zero-order chi connectivity index (χ0) is 17.3. The van der Waals surface area contributed by atoms with Gasteiger partial charge >= 0.3 is 0 Å². The summed E-state index contributed by atoms with van der Waals surface area (Å²) >= 11 is 8.07. The summed E-state index contributed by atoms with van der Waals surface area (Å²) in [6, 6.07) is 11.8. The van der Waals surface area contributed by atoms with Crippen molar-refractivity contribution in [3.8, 4) is 11.8 Å². The number of rotatable bonds is 1. The van der Waals surface area contributed by atoms with Crippen LogP contribution in [0.3, 0.4) is 0 Å². The molecule has 1 aliphatic heterocycles. The highest BCUT2D eigenvalue weighted by atomic mass is 35.5. The van der Waals surface area contributed by atoms with Gasteiger partial charge in [-0.3, -0.25) is 4.79 Å². The molecule has 0 saturated heterocycles. The lowest BCUT2D eigenvalue weighted by Crippen LogP contribution is -2.22. The molecule has 0 aliphatic carbocycles. The van der Waals surface area contributed by atoms with Crippen LogP contribution in [0.15, 0.2) is 41.3 Å². The van der Waals surface area contributed by atoms with Crippen molar-refractivity contribution in [1.82, 2.24) is 0 Å². The number of thioether (sulfide) groups is 1. The topological polar surface area (TPSA) is 17.1 Å². The summed E-state index contributed by atoms with van der Waals surface area (Å²) in [4.78, 5) is 12.8. The van der Waals surface area contributed by atoms with E-state index in [-0.39, 0.29) is 11.2 Å². The van der Waals surface area contributed by atoms with Crippen LogP contribution >= 0.6 is 23.4 Å². The first-order valence-electron chi connectivity index (χ1n) is 7.97. The lowest BCUT2D eigenvalue weighted by molar-refractivity contribution is 0.101. The molecule has 0 atom stereocenters. The molecule has 2 aromatic carbocycles. The Labute approximate surface area is 152 Å². The van der Waals surface area contributed by atoms with Crippen LogP contribution < -0.4 is 0 Å². The SMILES string of the molecule is CC(=O)c1ccc(C#Cc2ccc3c(c2)C(C)(C)CCS3)cc1Cl. The second-order valence-electron chi connectivity index (χ2n) is 6.69. The molecule has 0 N–H and O–H groups in total. The highest BCUT2D eigenvalue weighted by Crippen LogP contribution is 2.41. The number of hydrogen-bond donors (Lipinski definition) is 0. The van der Waals surface area contributed by atoms with Crippen LogP contribution in [0.2, 0.25) is 5.02 Å². The molecular weight excluding hydrogens is 336 g/mol. The van der Waals surface area contributed by atoms with Crippen molar-refractivity contribution in [2.75, 3.05) is 5.75 Å². The van der Waals surface area contributed by atoms with Gasteiger partial charge in [-0.15, -0.1) is 11.8 Å². The zero-order valence-electron chi connectivity index (χ0n) is 14.1. The van der Waals surface area contributed by atoms with Gasteiger partial charge in [0, 0.05) is 21.6 Å². The fourth-order valence-corrected chi connectivity index (χ4v) is 4.64. The quantitative estimate of drug-likeness (QED) is 0.481. The summed E-state index contributed by atoms with van der Waals surface area (Å²) in [5, 5.41) is 0.456. The smallest absolute Gasteiger partial charge is 0.161 e. The number of carbonyl (C=O) groups is 1. The highest BCUT2D eigenvalue weighted by molar-refractivity contribution is 7.99. The van der Waals surface area contributed by atoms with Gasteiger partial charge in [0.25, 0.3) is 0 Å². The Morgan fingerprint density at radius 1 is 1.12 bits per heavy atom. The molecule has 0 bridgehead atoms. The number of halogens is 1. The average Bonchev–Trinajstić information content (AvgIpc) is 2.52. The van der Waals surface area contributed by atoms with E-state index in [1.54, 1.807) is 12.1 Å². The van der Waals surface area contributed by atoms with Crippen molar-refractivity contribution >= 4 is 29.1 Å². The van der Waals surface area contributed by atoms with Crippen LogP contribution in [-0.4, -0.2) is 11.5 Å². The van der Waals surface area contributed by atoms with Crippen molar-refractivity contribution in [3.63, 3.8) is 0 Å². The Bertz CT molecular complexity index is 871. The van der Waals surface area contributed by atoms with E-state index < -0.39 is 0 Å². The Morgan fingerprint density at radius 3 is 2.46 bits per heavy atom. The summed E-state index contributed by atoms with van der Waals surface area (Å²) in [5.74, 6) is 7.51. The first-order valence-corrected chi connectivity index (χ1v) is 9.33. The van der Waals surface area contributed by atoms with Crippen molar-refractivity contribution < 1.29 is 4.79 Å². The summed E-state index contributed by atoms with van der Waals surface area (Å²) in [7, 11) is 0. The minimum Gasteiger partial charge on any atom is -0.294 e. The molecule has 1 aliphatic rings. The third-order valence-electron chi connectivity index (χ3n) is 4.39. The van der Waals surface area contributed by atoms with Crippen LogP contribution in [0.4, 0.5) is 0 Å². The summed E-state index contributed by atoms with van der Waals surface area (Å²) in [5.41, 5.74) is 3.95. The van der Waals surface area contributed by atoms with Crippen LogP contribution in [0.5, 0.6) is 0 Å². The molecule has 0 fully saturated rings. The molecule has 0 radical (unpaired) electrons. The number of fused-ring (bicyclic) bond motifs is 1. The molecular formula is C21H19ClOS. The first kappa shape index (κ1) is 17.1. The molecule has 2 aromatic rings. The lowest BCUT2D eigenvalue weighted by Gasteiger charge is -2.32. The van der Waals surface area contributed by atoms with E-state index in [0.717, 1.165) is 11.1 Å². The van der Waals surface area contributed by atoms with Crippen molar-refractivity contribution in [1.29, 1.82) is 0 Å². The van der Waals surface area contributed by atoms with Gasteiger partial charge in [0.1, 0.15) is 0 Å². The second-order valence-corrected chi connectivity index (χ2v) is 8.24. The molecule has 24 heavy (non-hydrogen) atoms. The molecule has 3 rings (SSSR count). The molecule has 0 amide bonds. The standard InChI is InChI=1S/C21H19ClOS/c1-14(23)17-8-6-16(13-19(17)22)5-4-15-7-9-20-18(12-15)21(2,3)10-11-24-20/h6-9,12-13H,10-11H2,1-3H3. The lowest BCUT2D eigenvalue weighted by atomic mass is 9.81. The minimum absolute atomic E-state index is 0.0334. The highest BCUT2D eigenvalue weighted by Gasteiger charge is 2.27. The number of Topliss-reactive ketones (excluding diaryl/α,β-unsaturated/α-hetero) is 1. The van der Waals surface area contributed by atoms with Crippen LogP contribution in [-0.2, 0) is 5.41 Å². The number of hydrogen-bond acceptors (Lipinski definition) is 2. The molecule has 1 nitrogen and oxygen atoms in total. The van der Waals surface area contributed by atoms with Gasteiger partial charge < -0.3 is 0 Å². The Morgan fingerprint density at radius 2 is 1.79 bits per heavy atom. The fourth-order valence-electron chi connectivity index (χ4n) is 2.84. The van der Waals surface area contributed by atoms with Gasteiger partial charge in [-0.05, 0) is 66.5 Å². The predicted molar refractivity (Wildman–Crippen MR) is 102 cm³/mol. The summed E-state index contributed by atoms with van der Waals surface area (Å²) in [6.45, 7) is 6.10. The van der Waals surface area contributed by atoms with E-state index in [1.165, 1.54) is 29.6 Å². The maximum Gasteiger partial charge on any atom is 0.161 e. The van der Waals surface area contributed by atoms with Gasteiger partial charge in [0.2, 0.25) is 0 Å². The molecule has 0 aromatic heterocycles. The van der Waals surface area contributed by atoms with E-state index in [2.05, 4.69) is 43.9 Å². The average molecular weight is 355 g/mol. The van der Waals surface area contributed by atoms with Crippen molar-refractivity contribution in [2.24, 2.45) is 0 Å². The number of benzene rings is 2. The van der Waals surface area contributed by atoms with Gasteiger partial charge in [-0.1, -0.05) is 37.3 Å². The van der Waals surface area contributed by atoms with Crippen LogP contribution in [0.25, 0.3) is 0 Å². The van der Waals surface area contributed by atoms with E-state index in [0.29, 0.717) is 10.6 Å². The monoisotopic (exact) mass is 354 g/mol. The van der Waals surface area contributed by atoms with Gasteiger partial charge in [0.15, 0.2) is 5.78 Å². The van der Waals surface area contributed by atoms with Gasteiger partial charge in [-0.2, -0.15) is 0 Å². The molecule has 1 heterocycles. The normalized spacial score (nSPS) is 15.2. The molecule has 0 saturated carbocycles. The van der Waals surface area contributed by atoms with E-state index in [1.807, 2.05) is 17.8 Å². The second kappa shape index (κ2) is 6.67. The van der Waals surface area contributed by atoms with E-state index >= 15 is 0 Å². The molecule has 0 unspecified atom stereocenters. The summed E-state index contributed by atoms with van der Waals surface area (Å²) in [6.07, 6.45) is 1.18. The van der Waals surface area contributed by atoms with Crippen LogP contribution in [0.1, 0.15) is 54.2 Å². The van der Waals surface area contributed by atoms with Gasteiger partial charge in [0.05, 0.1) is 5.02 Å². The molecule has 0 spiro atoms. The summed E-state index contributed by atoms with van der Waals surface area (Å²) < 4.78 is 0. The Hall–Kier alpha value is -1.69. The maximum atomic E-state index is 11.4. The Balaban J connectivity index is 1.92. The van der Waals surface area contributed by atoms with Gasteiger partial charge in [-0.25, -0.2) is 0 Å². The maximum absolute atomic E-state index is 11.4. The zero-order valence-corrected chi connectivity index (χ0v) is 15.6. The van der Waals surface area contributed by atoms with Crippen molar-refractivity contribution in [3.05, 3.63) is 63.7 Å². The Kier molecular flexibility index (Phi) is 4.76. The largest absolute Gasteiger partial charge is 0.294 e. The number of ketones is 1. The van der Waals surface area contributed by atoms with E-state index in [9.17, 15) is 4.79 Å².